The summed E-state index contributed by atoms with van der Waals surface area (Å²) in [4.78, 5) is 30.7. The average molecular weight is 453 g/mol. The summed E-state index contributed by atoms with van der Waals surface area (Å²) in [5.74, 6) is -2.08. The van der Waals surface area contributed by atoms with E-state index in [1.165, 1.54) is 29.6 Å². The van der Waals surface area contributed by atoms with E-state index in [1.54, 1.807) is 13.8 Å². The minimum absolute atomic E-state index is 0.174. The summed E-state index contributed by atoms with van der Waals surface area (Å²) in [6.45, 7) is 3.94. The van der Waals surface area contributed by atoms with Gasteiger partial charge >= 0.3 is 0 Å². The van der Waals surface area contributed by atoms with Crippen LogP contribution in [0.25, 0.3) is 0 Å². The number of fused-ring (bicyclic) bond motifs is 1. The summed E-state index contributed by atoms with van der Waals surface area (Å²) in [5, 5.41) is 13.2. The van der Waals surface area contributed by atoms with Crippen LogP contribution in [0, 0.1) is 5.82 Å². The summed E-state index contributed by atoms with van der Waals surface area (Å²) in [5.41, 5.74) is -0.981. The van der Waals surface area contributed by atoms with Gasteiger partial charge in [-0.3, -0.25) is 14.2 Å². The van der Waals surface area contributed by atoms with Crippen LogP contribution in [0.15, 0.2) is 27.9 Å². The number of carbonyl (C=O) groups is 1. The fraction of sp³-hybridized carbons (Fsp3) is 0.421. The fourth-order valence-corrected chi connectivity index (χ4v) is 4.34. The second-order valence-electron chi connectivity index (χ2n) is 7.58. The van der Waals surface area contributed by atoms with Crippen LogP contribution in [0.1, 0.15) is 29.9 Å². The van der Waals surface area contributed by atoms with Gasteiger partial charge in [-0.15, -0.1) is 0 Å². The smallest absolute Gasteiger partial charge is 0.298 e. The second kappa shape index (κ2) is 8.27. The molecule has 1 aliphatic heterocycles. The highest BCUT2D eigenvalue weighted by atomic mass is 32.2. The van der Waals surface area contributed by atoms with Crippen LogP contribution in [0.2, 0.25) is 0 Å². The molecule has 3 rings (SSSR count). The number of hydrogen-bond acceptors (Lipinski definition) is 7. The largest absolute Gasteiger partial charge is 0.501 e. The third-order valence-corrected chi connectivity index (χ3v) is 6.88. The molecule has 0 saturated carbocycles. The van der Waals surface area contributed by atoms with Crippen LogP contribution in [0.3, 0.4) is 0 Å². The predicted octanol–water partition coefficient (Wildman–Crippen LogP) is 0.815. The molecule has 31 heavy (non-hydrogen) atoms. The molecule has 1 aliphatic rings. The number of benzene rings is 1. The maximum atomic E-state index is 13.8. The Bertz CT molecular complexity index is 1190. The summed E-state index contributed by atoms with van der Waals surface area (Å²) in [6.07, 6.45) is 0. The number of rotatable bonds is 6. The molecular formula is C19H24FN5O5S. The highest BCUT2D eigenvalue weighted by Crippen LogP contribution is 2.25. The first-order chi connectivity index (χ1) is 14.4. The van der Waals surface area contributed by atoms with E-state index < -0.39 is 44.8 Å². The van der Waals surface area contributed by atoms with Crippen molar-refractivity contribution in [3.63, 3.8) is 0 Å². The van der Waals surface area contributed by atoms with Crippen LogP contribution in [-0.4, -0.2) is 64.9 Å². The van der Waals surface area contributed by atoms with Crippen molar-refractivity contribution in [2.24, 2.45) is 0 Å². The SMILES string of the molecule is CC(C)N(Cc1ccc(F)cc1S(=O)(=O)N(C)C)C(=O)c1nc2n(c(=O)c1O)CCN2. The molecule has 0 aliphatic carbocycles. The number of aromatic hydroxyl groups is 1. The second-order valence-corrected chi connectivity index (χ2v) is 9.70. The third kappa shape index (κ3) is 4.12. The normalized spacial score (nSPS) is 13.4. The molecule has 0 radical (unpaired) electrons. The van der Waals surface area contributed by atoms with E-state index in [2.05, 4.69) is 10.3 Å². The van der Waals surface area contributed by atoms with Gasteiger partial charge in [-0.05, 0) is 31.5 Å². The summed E-state index contributed by atoms with van der Waals surface area (Å²) in [7, 11) is -1.34. The Morgan fingerprint density at radius 1 is 1.35 bits per heavy atom. The van der Waals surface area contributed by atoms with Gasteiger partial charge in [0.15, 0.2) is 5.69 Å². The van der Waals surface area contributed by atoms with E-state index in [0.29, 0.717) is 13.1 Å². The van der Waals surface area contributed by atoms with Gasteiger partial charge < -0.3 is 15.3 Å². The number of anilines is 1. The van der Waals surface area contributed by atoms with Crippen LogP contribution in [0.5, 0.6) is 5.75 Å². The molecule has 0 bridgehead atoms. The number of sulfonamides is 1. The molecule has 0 saturated heterocycles. The number of carbonyl (C=O) groups excluding carboxylic acids is 1. The molecule has 1 amide bonds. The summed E-state index contributed by atoms with van der Waals surface area (Å²) in [6, 6.07) is 2.85. The van der Waals surface area contributed by atoms with Crippen molar-refractivity contribution < 1.29 is 22.7 Å². The Kier molecular flexibility index (Phi) is 6.05. The number of halogens is 1. The van der Waals surface area contributed by atoms with Crippen LogP contribution >= 0.6 is 0 Å². The number of hydrogen-bond donors (Lipinski definition) is 2. The molecule has 0 unspecified atom stereocenters. The fourth-order valence-electron chi connectivity index (χ4n) is 3.22. The molecule has 2 N–H and O–H groups in total. The quantitative estimate of drug-likeness (QED) is 0.663. The molecule has 1 aromatic carbocycles. The minimum atomic E-state index is -3.99. The lowest BCUT2D eigenvalue weighted by atomic mass is 10.1. The van der Waals surface area contributed by atoms with Gasteiger partial charge in [-0.1, -0.05) is 6.07 Å². The van der Waals surface area contributed by atoms with E-state index in [1.807, 2.05) is 0 Å². The van der Waals surface area contributed by atoms with Crippen LogP contribution in [-0.2, 0) is 23.1 Å². The van der Waals surface area contributed by atoms with E-state index >= 15 is 0 Å². The van der Waals surface area contributed by atoms with Crippen molar-refractivity contribution in [2.75, 3.05) is 26.0 Å². The van der Waals surface area contributed by atoms with Gasteiger partial charge in [0.1, 0.15) is 5.82 Å². The molecule has 168 valence electrons. The first kappa shape index (κ1) is 22.7. The van der Waals surface area contributed by atoms with Crippen molar-refractivity contribution in [2.45, 2.75) is 37.9 Å². The Morgan fingerprint density at radius 2 is 2.03 bits per heavy atom. The first-order valence-electron chi connectivity index (χ1n) is 9.54. The number of amides is 1. The monoisotopic (exact) mass is 453 g/mol. The van der Waals surface area contributed by atoms with Crippen molar-refractivity contribution in [3.05, 3.63) is 45.6 Å². The van der Waals surface area contributed by atoms with E-state index in [9.17, 15) is 27.5 Å². The molecule has 2 aromatic rings. The van der Waals surface area contributed by atoms with Gasteiger partial charge in [0.05, 0.1) is 4.90 Å². The Balaban J connectivity index is 2.06. The van der Waals surface area contributed by atoms with E-state index in [4.69, 9.17) is 0 Å². The zero-order valence-corrected chi connectivity index (χ0v) is 18.4. The Hall–Kier alpha value is -2.99. The standard InChI is InChI=1S/C19H24FN5O5S/c1-11(2)25(10-12-5-6-13(20)9-14(12)31(29,30)23(3)4)17(27)15-16(26)18(28)24-8-7-21-19(24)22-15/h5-6,9,11,26H,7-8,10H2,1-4H3,(H,21,22). The lowest BCUT2D eigenvalue weighted by Crippen LogP contribution is -2.38. The van der Waals surface area contributed by atoms with Crippen LogP contribution in [0.4, 0.5) is 10.3 Å². The molecule has 2 heterocycles. The lowest BCUT2D eigenvalue weighted by Gasteiger charge is -2.28. The zero-order valence-electron chi connectivity index (χ0n) is 17.6. The topological polar surface area (TPSA) is 125 Å². The molecular weight excluding hydrogens is 429 g/mol. The highest BCUT2D eigenvalue weighted by molar-refractivity contribution is 7.89. The van der Waals surface area contributed by atoms with Crippen molar-refractivity contribution in [3.8, 4) is 5.75 Å². The number of aromatic nitrogens is 2. The lowest BCUT2D eigenvalue weighted by molar-refractivity contribution is 0.0678. The Labute approximate surface area is 179 Å². The van der Waals surface area contributed by atoms with Crippen LogP contribution < -0.4 is 10.9 Å². The van der Waals surface area contributed by atoms with Gasteiger partial charge in [-0.25, -0.2) is 22.1 Å². The van der Waals surface area contributed by atoms with Crippen molar-refractivity contribution >= 4 is 21.9 Å². The van der Waals surface area contributed by atoms with E-state index in [0.717, 1.165) is 16.4 Å². The molecule has 0 fully saturated rings. The first-order valence-corrected chi connectivity index (χ1v) is 11.0. The summed E-state index contributed by atoms with van der Waals surface area (Å²) >= 11 is 0. The minimum Gasteiger partial charge on any atom is -0.501 e. The molecule has 10 nitrogen and oxygen atoms in total. The summed E-state index contributed by atoms with van der Waals surface area (Å²) < 4.78 is 41.4. The average Bonchev–Trinajstić information content (AvgIpc) is 3.17. The van der Waals surface area contributed by atoms with Gasteiger partial charge in [0, 0.05) is 39.8 Å². The highest BCUT2D eigenvalue weighted by Gasteiger charge is 2.30. The zero-order chi connectivity index (χ0) is 23.1. The van der Waals surface area contributed by atoms with Crippen molar-refractivity contribution in [1.82, 2.24) is 18.8 Å². The number of nitrogens with zero attached hydrogens (tertiary/aromatic N) is 4. The van der Waals surface area contributed by atoms with Gasteiger partial charge in [-0.2, -0.15) is 0 Å². The van der Waals surface area contributed by atoms with Gasteiger partial charge in [0.2, 0.25) is 21.7 Å². The molecule has 0 atom stereocenters. The molecule has 0 spiro atoms. The van der Waals surface area contributed by atoms with Crippen molar-refractivity contribution in [1.29, 1.82) is 0 Å². The predicted molar refractivity (Wildman–Crippen MR) is 111 cm³/mol. The maximum Gasteiger partial charge on any atom is 0.298 e. The number of nitrogens with one attached hydrogen (secondary N) is 1. The molecule has 1 aromatic heterocycles. The van der Waals surface area contributed by atoms with E-state index in [-0.39, 0.29) is 23.0 Å². The maximum absolute atomic E-state index is 13.8. The third-order valence-electron chi connectivity index (χ3n) is 4.98. The Morgan fingerprint density at radius 3 is 2.65 bits per heavy atom. The molecule has 12 heteroatoms. The van der Waals surface area contributed by atoms with Gasteiger partial charge in [0.25, 0.3) is 11.5 Å².